The van der Waals surface area contributed by atoms with E-state index in [2.05, 4.69) is 11.8 Å². The summed E-state index contributed by atoms with van der Waals surface area (Å²) in [5, 5.41) is 9.85. The molecule has 4 nitrogen and oxygen atoms in total. The molecule has 102 valence electrons. The van der Waals surface area contributed by atoms with Crippen molar-refractivity contribution in [1.29, 1.82) is 0 Å². The van der Waals surface area contributed by atoms with E-state index in [4.69, 9.17) is 9.47 Å². The minimum absolute atomic E-state index is 0.373. The molecule has 0 amide bonds. The summed E-state index contributed by atoms with van der Waals surface area (Å²) in [6.07, 6.45) is 3.47. The zero-order chi connectivity index (χ0) is 12.5. The molecule has 0 spiro atoms. The monoisotopic (exact) mass is 245 g/mol. The van der Waals surface area contributed by atoms with Crippen molar-refractivity contribution in [2.24, 2.45) is 5.92 Å². The molecule has 0 radical (unpaired) electrons. The highest BCUT2D eigenvalue weighted by atomic mass is 16.5. The van der Waals surface area contributed by atoms with Gasteiger partial charge >= 0.3 is 0 Å². The summed E-state index contributed by atoms with van der Waals surface area (Å²) < 4.78 is 10.2. The lowest BCUT2D eigenvalue weighted by molar-refractivity contribution is -0.00585. The topological polar surface area (TPSA) is 41.9 Å². The van der Waals surface area contributed by atoms with Crippen molar-refractivity contribution in [2.45, 2.75) is 32.3 Å². The van der Waals surface area contributed by atoms with Gasteiger partial charge in [-0.05, 0) is 25.3 Å². The molecule has 0 aliphatic carbocycles. The molecule has 17 heavy (non-hydrogen) atoms. The van der Waals surface area contributed by atoms with Gasteiger partial charge in [0.05, 0.1) is 25.9 Å². The number of hydrogen-bond acceptors (Lipinski definition) is 4. The first-order valence-corrected chi connectivity index (χ1v) is 6.73. The number of ether oxygens (including phenoxy) is 2. The molecule has 1 aliphatic heterocycles. The summed E-state index contributed by atoms with van der Waals surface area (Å²) >= 11 is 0. The molecule has 0 bridgehead atoms. The number of rotatable bonds is 8. The van der Waals surface area contributed by atoms with Crippen LogP contribution in [-0.4, -0.2) is 62.7 Å². The molecule has 0 aromatic heterocycles. The van der Waals surface area contributed by atoms with Crippen molar-refractivity contribution < 1.29 is 14.6 Å². The summed E-state index contributed by atoms with van der Waals surface area (Å²) in [6, 6.07) is 0. The number of piperidine rings is 1. The van der Waals surface area contributed by atoms with Crippen molar-refractivity contribution in [3.63, 3.8) is 0 Å². The van der Waals surface area contributed by atoms with Gasteiger partial charge < -0.3 is 19.5 Å². The van der Waals surface area contributed by atoms with Gasteiger partial charge in [-0.2, -0.15) is 0 Å². The maximum atomic E-state index is 9.85. The fraction of sp³-hybridized carbons (Fsp3) is 1.00. The van der Waals surface area contributed by atoms with E-state index in [9.17, 15) is 5.11 Å². The summed E-state index contributed by atoms with van der Waals surface area (Å²) in [5.41, 5.74) is 0. The number of nitrogens with zero attached hydrogens (tertiary/aromatic N) is 1. The maximum Gasteiger partial charge on any atom is 0.0900 e. The third-order valence-electron chi connectivity index (χ3n) is 3.39. The number of methoxy groups -OCH3 is 1. The lowest BCUT2D eigenvalue weighted by Crippen LogP contribution is -2.41. The van der Waals surface area contributed by atoms with E-state index in [1.165, 1.54) is 19.3 Å². The van der Waals surface area contributed by atoms with Gasteiger partial charge in [0.25, 0.3) is 0 Å². The molecular weight excluding hydrogens is 218 g/mol. The SMILES string of the molecule is CCC1CCCN(CC(O)COCCOC)C1. The summed E-state index contributed by atoms with van der Waals surface area (Å²) in [6.45, 7) is 6.80. The number of aliphatic hydroxyl groups excluding tert-OH is 1. The lowest BCUT2D eigenvalue weighted by atomic mass is 9.95. The second-order valence-corrected chi connectivity index (χ2v) is 4.90. The largest absolute Gasteiger partial charge is 0.389 e. The van der Waals surface area contributed by atoms with Crippen LogP contribution in [0.3, 0.4) is 0 Å². The van der Waals surface area contributed by atoms with Crippen LogP contribution >= 0.6 is 0 Å². The summed E-state index contributed by atoms with van der Waals surface area (Å²) in [4.78, 5) is 2.36. The Labute approximate surface area is 105 Å². The smallest absolute Gasteiger partial charge is 0.0900 e. The Bertz CT molecular complexity index is 190. The first-order valence-electron chi connectivity index (χ1n) is 6.73. The van der Waals surface area contributed by atoms with Gasteiger partial charge in [0.2, 0.25) is 0 Å². The minimum atomic E-state index is -0.373. The Kier molecular flexibility index (Phi) is 7.77. The molecular formula is C13H27NO3. The molecule has 1 saturated heterocycles. The van der Waals surface area contributed by atoms with Crippen molar-refractivity contribution in [1.82, 2.24) is 4.90 Å². The Morgan fingerprint density at radius 2 is 2.24 bits per heavy atom. The fourth-order valence-electron chi connectivity index (χ4n) is 2.36. The van der Waals surface area contributed by atoms with Crippen molar-refractivity contribution >= 4 is 0 Å². The Morgan fingerprint density at radius 3 is 2.94 bits per heavy atom. The zero-order valence-corrected chi connectivity index (χ0v) is 11.2. The lowest BCUT2D eigenvalue weighted by Gasteiger charge is -2.33. The normalized spacial score (nSPS) is 23.8. The third kappa shape index (κ3) is 6.36. The van der Waals surface area contributed by atoms with Crippen LogP contribution in [0.1, 0.15) is 26.2 Å². The van der Waals surface area contributed by atoms with E-state index in [0.29, 0.717) is 19.8 Å². The Hall–Kier alpha value is -0.160. The highest BCUT2D eigenvalue weighted by Crippen LogP contribution is 2.19. The molecule has 1 aliphatic rings. The number of hydrogen-bond donors (Lipinski definition) is 1. The predicted molar refractivity (Wildman–Crippen MR) is 68.2 cm³/mol. The highest BCUT2D eigenvalue weighted by Gasteiger charge is 2.20. The minimum Gasteiger partial charge on any atom is -0.389 e. The molecule has 1 fully saturated rings. The quantitative estimate of drug-likeness (QED) is 0.651. The van der Waals surface area contributed by atoms with E-state index in [0.717, 1.165) is 25.6 Å². The number of β-amino-alcohol motifs (C(OH)–C–C–N with tert-alkyl or cyclic N) is 1. The van der Waals surface area contributed by atoms with Crippen LogP contribution in [0.5, 0.6) is 0 Å². The average Bonchev–Trinajstić information content (AvgIpc) is 2.35. The van der Waals surface area contributed by atoms with Crippen molar-refractivity contribution in [3.8, 4) is 0 Å². The molecule has 0 aromatic rings. The van der Waals surface area contributed by atoms with E-state index in [1.54, 1.807) is 7.11 Å². The molecule has 1 rings (SSSR count). The van der Waals surface area contributed by atoms with Crippen LogP contribution in [0.4, 0.5) is 0 Å². The van der Waals surface area contributed by atoms with Gasteiger partial charge in [0, 0.05) is 20.2 Å². The van der Waals surface area contributed by atoms with Crippen LogP contribution in [-0.2, 0) is 9.47 Å². The van der Waals surface area contributed by atoms with Crippen LogP contribution in [0, 0.1) is 5.92 Å². The third-order valence-corrected chi connectivity index (χ3v) is 3.39. The Morgan fingerprint density at radius 1 is 1.41 bits per heavy atom. The van der Waals surface area contributed by atoms with Crippen LogP contribution in [0.15, 0.2) is 0 Å². The van der Waals surface area contributed by atoms with Gasteiger partial charge in [-0.1, -0.05) is 13.3 Å². The second kappa shape index (κ2) is 8.86. The van der Waals surface area contributed by atoms with E-state index in [1.807, 2.05) is 0 Å². The zero-order valence-electron chi connectivity index (χ0n) is 11.2. The molecule has 0 saturated carbocycles. The van der Waals surface area contributed by atoms with Crippen LogP contribution in [0.2, 0.25) is 0 Å². The highest BCUT2D eigenvalue weighted by molar-refractivity contribution is 4.74. The van der Waals surface area contributed by atoms with Gasteiger partial charge in [0.1, 0.15) is 0 Å². The van der Waals surface area contributed by atoms with Crippen molar-refractivity contribution in [3.05, 3.63) is 0 Å². The average molecular weight is 245 g/mol. The van der Waals surface area contributed by atoms with Gasteiger partial charge in [0.15, 0.2) is 0 Å². The van der Waals surface area contributed by atoms with Gasteiger partial charge in [-0.25, -0.2) is 0 Å². The molecule has 1 heterocycles. The molecule has 2 atom stereocenters. The van der Waals surface area contributed by atoms with E-state index >= 15 is 0 Å². The molecule has 0 aromatic carbocycles. The fourth-order valence-corrected chi connectivity index (χ4v) is 2.36. The predicted octanol–water partition coefficient (Wildman–Crippen LogP) is 1.13. The summed E-state index contributed by atoms with van der Waals surface area (Å²) in [5.74, 6) is 0.811. The molecule has 2 unspecified atom stereocenters. The van der Waals surface area contributed by atoms with Gasteiger partial charge in [-0.3, -0.25) is 0 Å². The van der Waals surface area contributed by atoms with Crippen molar-refractivity contribution in [2.75, 3.05) is 46.6 Å². The standard InChI is InChI=1S/C13H27NO3/c1-3-12-5-4-6-14(9-12)10-13(15)11-17-8-7-16-2/h12-13,15H,3-11H2,1-2H3. The first-order chi connectivity index (χ1) is 8.26. The van der Waals surface area contributed by atoms with Crippen LogP contribution < -0.4 is 0 Å². The van der Waals surface area contributed by atoms with Crippen LogP contribution in [0.25, 0.3) is 0 Å². The summed E-state index contributed by atoms with van der Waals surface area (Å²) in [7, 11) is 1.65. The van der Waals surface area contributed by atoms with E-state index in [-0.39, 0.29) is 6.10 Å². The van der Waals surface area contributed by atoms with E-state index < -0.39 is 0 Å². The molecule has 1 N–H and O–H groups in total. The molecule has 4 heteroatoms. The number of likely N-dealkylation sites (tertiary alicyclic amines) is 1. The first kappa shape index (κ1) is 14.9. The second-order valence-electron chi connectivity index (χ2n) is 4.90. The van der Waals surface area contributed by atoms with Gasteiger partial charge in [-0.15, -0.1) is 0 Å². The number of aliphatic hydroxyl groups is 1. The Balaban J connectivity index is 2.10. The maximum absolute atomic E-state index is 9.85.